The Morgan fingerprint density at radius 2 is 1.77 bits per heavy atom. The summed E-state index contributed by atoms with van der Waals surface area (Å²) in [7, 11) is -1.77. The molecule has 2 aliphatic rings. The highest BCUT2D eigenvalue weighted by Gasteiger charge is 2.40. The number of amides is 1. The van der Waals surface area contributed by atoms with Gasteiger partial charge in [-0.2, -0.15) is 4.31 Å². The molecule has 0 unspecified atom stereocenters. The molecule has 22 heavy (non-hydrogen) atoms. The van der Waals surface area contributed by atoms with Gasteiger partial charge in [-0.15, -0.1) is 0 Å². The number of nitrogens with zero attached hydrogens (tertiary/aromatic N) is 3. The predicted molar refractivity (Wildman–Crippen MR) is 83.9 cm³/mol. The molecule has 7 nitrogen and oxygen atoms in total. The van der Waals surface area contributed by atoms with Crippen LogP contribution in [0.5, 0.6) is 0 Å². The van der Waals surface area contributed by atoms with Gasteiger partial charge >= 0.3 is 0 Å². The molecule has 2 rings (SSSR count). The van der Waals surface area contributed by atoms with Crippen molar-refractivity contribution in [1.82, 2.24) is 14.1 Å². The van der Waals surface area contributed by atoms with Crippen molar-refractivity contribution in [2.45, 2.75) is 44.4 Å². The first kappa shape index (κ1) is 17.7. The number of rotatable bonds is 3. The van der Waals surface area contributed by atoms with Crippen molar-refractivity contribution in [3.63, 3.8) is 0 Å². The molecule has 0 radical (unpaired) electrons. The SMILES string of the molecule is CC(=O)N1CCN([C@@H]2CCC[C@@H](N(C)S(C)(=O)=O)[C@H]2O)CC1. The topological polar surface area (TPSA) is 81.2 Å². The summed E-state index contributed by atoms with van der Waals surface area (Å²) in [4.78, 5) is 15.4. The molecule has 0 aromatic carbocycles. The lowest BCUT2D eigenvalue weighted by Gasteiger charge is -2.46. The zero-order valence-electron chi connectivity index (χ0n) is 13.6. The highest BCUT2D eigenvalue weighted by molar-refractivity contribution is 7.88. The first-order valence-corrected chi connectivity index (χ1v) is 9.67. The van der Waals surface area contributed by atoms with Gasteiger partial charge in [-0.25, -0.2) is 8.42 Å². The second-order valence-electron chi connectivity index (χ2n) is 6.38. The van der Waals surface area contributed by atoms with Gasteiger partial charge in [0.15, 0.2) is 0 Å². The summed E-state index contributed by atoms with van der Waals surface area (Å²) < 4.78 is 24.8. The quantitative estimate of drug-likeness (QED) is 0.740. The van der Waals surface area contributed by atoms with Crippen LogP contribution >= 0.6 is 0 Å². The first-order valence-electron chi connectivity index (χ1n) is 7.82. The summed E-state index contributed by atoms with van der Waals surface area (Å²) in [5.41, 5.74) is 0. The van der Waals surface area contributed by atoms with E-state index in [1.54, 1.807) is 14.0 Å². The number of carbonyl (C=O) groups is 1. The first-order chi connectivity index (χ1) is 10.2. The van der Waals surface area contributed by atoms with E-state index < -0.39 is 16.1 Å². The second-order valence-corrected chi connectivity index (χ2v) is 8.42. The summed E-state index contributed by atoms with van der Waals surface area (Å²) in [6, 6.07) is -0.392. The lowest BCUT2D eigenvalue weighted by atomic mass is 9.87. The third-order valence-electron chi connectivity index (χ3n) is 5.01. The maximum Gasteiger partial charge on any atom is 0.219 e. The highest BCUT2D eigenvalue weighted by Crippen LogP contribution is 2.28. The molecule has 1 aliphatic heterocycles. The number of carbonyl (C=O) groups excluding carboxylic acids is 1. The Labute approximate surface area is 132 Å². The number of hydrogen-bond donors (Lipinski definition) is 1. The summed E-state index contributed by atoms with van der Waals surface area (Å²) >= 11 is 0. The smallest absolute Gasteiger partial charge is 0.219 e. The Bertz CT molecular complexity index is 502. The van der Waals surface area contributed by atoms with Gasteiger partial charge in [-0.05, 0) is 12.8 Å². The average Bonchev–Trinajstić information content (AvgIpc) is 2.46. The van der Waals surface area contributed by atoms with E-state index in [9.17, 15) is 18.3 Å². The number of sulfonamides is 1. The van der Waals surface area contributed by atoms with Gasteiger partial charge in [0.1, 0.15) is 0 Å². The molecule has 1 saturated heterocycles. The van der Waals surface area contributed by atoms with Crippen LogP contribution in [0.3, 0.4) is 0 Å². The normalized spacial score (nSPS) is 31.5. The van der Waals surface area contributed by atoms with E-state index in [1.807, 2.05) is 4.90 Å². The molecular weight excluding hydrogens is 306 g/mol. The van der Waals surface area contributed by atoms with E-state index in [0.29, 0.717) is 19.5 Å². The fourth-order valence-corrected chi connectivity index (χ4v) is 4.27. The molecule has 8 heteroatoms. The van der Waals surface area contributed by atoms with Crippen molar-refractivity contribution in [2.75, 3.05) is 39.5 Å². The summed E-state index contributed by atoms with van der Waals surface area (Å²) in [6.45, 7) is 4.38. The molecule has 1 saturated carbocycles. The molecule has 2 fully saturated rings. The zero-order valence-corrected chi connectivity index (χ0v) is 14.4. The Hall–Kier alpha value is -0.700. The van der Waals surface area contributed by atoms with Crippen LogP contribution < -0.4 is 0 Å². The molecule has 1 heterocycles. The van der Waals surface area contributed by atoms with E-state index in [1.165, 1.54) is 10.6 Å². The van der Waals surface area contributed by atoms with E-state index in [0.717, 1.165) is 25.9 Å². The Morgan fingerprint density at radius 1 is 1.18 bits per heavy atom. The monoisotopic (exact) mass is 333 g/mol. The van der Waals surface area contributed by atoms with Crippen LogP contribution in [-0.2, 0) is 14.8 Å². The Morgan fingerprint density at radius 3 is 2.27 bits per heavy atom. The summed E-state index contributed by atoms with van der Waals surface area (Å²) in [5.74, 6) is 0.0820. The molecular formula is C14H27N3O4S. The molecule has 1 amide bonds. The van der Waals surface area contributed by atoms with Crippen molar-refractivity contribution >= 4 is 15.9 Å². The van der Waals surface area contributed by atoms with Crippen molar-refractivity contribution in [1.29, 1.82) is 0 Å². The minimum Gasteiger partial charge on any atom is -0.390 e. The number of aliphatic hydroxyl groups is 1. The molecule has 0 spiro atoms. The van der Waals surface area contributed by atoms with Crippen molar-refractivity contribution in [2.24, 2.45) is 0 Å². The van der Waals surface area contributed by atoms with Crippen LogP contribution in [-0.4, -0.2) is 91.2 Å². The number of hydrogen-bond acceptors (Lipinski definition) is 5. The molecule has 0 bridgehead atoms. The van der Waals surface area contributed by atoms with Crippen molar-refractivity contribution < 1.29 is 18.3 Å². The van der Waals surface area contributed by atoms with E-state index in [4.69, 9.17) is 0 Å². The van der Waals surface area contributed by atoms with E-state index >= 15 is 0 Å². The zero-order chi connectivity index (χ0) is 16.5. The van der Waals surface area contributed by atoms with Gasteiger partial charge in [0.25, 0.3) is 0 Å². The van der Waals surface area contributed by atoms with Crippen LogP contribution in [0.25, 0.3) is 0 Å². The van der Waals surface area contributed by atoms with Crippen LogP contribution in [0, 0.1) is 0 Å². The molecule has 1 N–H and O–H groups in total. The standard InChI is InChI=1S/C14H27N3O4S/c1-11(18)16-7-9-17(10-8-16)13-6-4-5-12(14(13)19)15(2)22(3,20)21/h12-14,19H,4-10H2,1-3H3/t12-,13-,14-/m1/s1. The summed E-state index contributed by atoms with van der Waals surface area (Å²) in [6.07, 6.45) is 2.95. The predicted octanol–water partition coefficient (Wildman–Crippen LogP) is -0.676. The van der Waals surface area contributed by atoms with Crippen LogP contribution in [0.1, 0.15) is 26.2 Å². The van der Waals surface area contributed by atoms with Crippen LogP contribution in [0.4, 0.5) is 0 Å². The molecule has 1 aliphatic carbocycles. The third-order valence-corrected chi connectivity index (χ3v) is 6.32. The minimum absolute atomic E-state index is 0.0305. The van der Waals surface area contributed by atoms with E-state index in [-0.39, 0.29) is 18.0 Å². The van der Waals surface area contributed by atoms with E-state index in [2.05, 4.69) is 4.90 Å². The average molecular weight is 333 g/mol. The molecule has 0 aromatic rings. The largest absolute Gasteiger partial charge is 0.390 e. The van der Waals surface area contributed by atoms with Crippen molar-refractivity contribution in [3.8, 4) is 0 Å². The Kier molecular flexibility index (Phi) is 5.47. The van der Waals surface area contributed by atoms with Gasteiger partial charge in [-0.1, -0.05) is 6.42 Å². The fourth-order valence-electron chi connectivity index (χ4n) is 3.54. The highest BCUT2D eigenvalue weighted by atomic mass is 32.2. The van der Waals surface area contributed by atoms with Gasteiger partial charge < -0.3 is 10.0 Å². The number of aliphatic hydroxyl groups excluding tert-OH is 1. The fraction of sp³-hybridized carbons (Fsp3) is 0.929. The maximum atomic E-state index is 11.7. The minimum atomic E-state index is -3.31. The molecule has 0 aromatic heterocycles. The maximum absolute atomic E-state index is 11.7. The van der Waals surface area contributed by atoms with Gasteiger partial charge in [0.05, 0.1) is 18.4 Å². The Balaban J connectivity index is 2.02. The number of piperazine rings is 1. The lowest BCUT2D eigenvalue weighted by molar-refractivity contribution is -0.131. The van der Waals surface area contributed by atoms with Crippen LogP contribution in [0.2, 0.25) is 0 Å². The molecule has 128 valence electrons. The number of likely N-dealkylation sites (N-methyl/N-ethyl adjacent to an activating group) is 1. The van der Waals surface area contributed by atoms with Gasteiger partial charge in [0.2, 0.25) is 15.9 Å². The van der Waals surface area contributed by atoms with Gasteiger partial charge in [0, 0.05) is 46.2 Å². The molecule has 3 atom stereocenters. The summed E-state index contributed by atoms with van der Waals surface area (Å²) in [5, 5.41) is 10.7. The third kappa shape index (κ3) is 3.79. The second kappa shape index (κ2) is 6.82. The lowest BCUT2D eigenvalue weighted by Crippen LogP contribution is -2.60. The van der Waals surface area contributed by atoms with Gasteiger partial charge in [-0.3, -0.25) is 9.69 Å². The van der Waals surface area contributed by atoms with Crippen LogP contribution in [0.15, 0.2) is 0 Å². The van der Waals surface area contributed by atoms with Crippen molar-refractivity contribution in [3.05, 3.63) is 0 Å².